The molecule has 15 heavy (non-hydrogen) atoms. The monoisotopic (exact) mass is 232 g/mol. The van der Waals surface area contributed by atoms with E-state index in [0.717, 1.165) is 5.65 Å². The van der Waals surface area contributed by atoms with Crippen molar-refractivity contribution in [1.82, 2.24) is 14.6 Å². The van der Waals surface area contributed by atoms with Crippen LogP contribution >= 0.6 is 0 Å². The Kier molecular flexibility index (Phi) is 3.19. The van der Waals surface area contributed by atoms with Gasteiger partial charge in [-0.2, -0.15) is 8.42 Å². The van der Waals surface area contributed by atoms with E-state index in [1.807, 2.05) is 6.07 Å². The summed E-state index contributed by atoms with van der Waals surface area (Å²) in [4.78, 5) is 4.00. The molecule has 0 saturated carbocycles. The first-order valence-corrected chi connectivity index (χ1v) is 5.02. The Labute approximate surface area is 84.9 Å². The highest BCUT2D eigenvalue weighted by Crippen LogP contribution is 1.99. The van der Waals surface area contributed by atoms with E-state index in [4.69, 9.17) is 23.3 Å². The van der Waals surface area contributed by atoms with Gasteiger partial charge in [0.05, 0.1) is 0 Å². The summed E-state index contributed by atoms with van der Waals surface area (Å²) in [6, 6.07) is 3.55. The summed E-state index contributed by atoms with van der Waals surface area (Å²) in [6.07, 6.45) is 3.44. The summed E-state index contributed by atoms with van der Waals surface area (Å²) in [5, 5.41) is 3.97. The van der Waals surface area contributed by atoms with Crippen molar-refractivity contribution in [3.05, 3.63) is 24.5 Å². The van der Waals surface area contributed by atoms with Gasteiger partial charge in [0.1, 0.15) is 5.82 Å². The van der Waals surface area contributed by atoms with E-state index in [0.29, 0.717) is 5.82 Å². The molecule has 9 heteroatoms. The summed E-state index contributed by atoms with van der Waals surface area (Å²) in [7, 11) is -4.67. The van der Waals surface area contributed by atoms with Crippen LogP contribution in [0, 0.1) is 0 Å². The molecule has 2 heterocycles. The summed E-state index contributed by atoms with van der Waals surface area (Å²) in [5.41, 5.74) is 6.24. The van der Waals surface area contributed by atoms with Crippen LogP contribution in [0.3, 0.4) is 0 Å². The lowest BCUT2D eigenvalue weighted by Gasteiger charge is -1.91. The lowest BCUT2D eigenvalue weighted by atomic mass is 10.5. The highest BCUT2D eigenvalue weighted by Gasteiger charge is 1.91. The van der Waals surface area contributed by atoms with Crippen LogP contribution in [0.25, 0.3) is 5.65 Å². The third kappa shape index (κ3) is 4.35. The molecule has 0 bridgehead atoms. The molecule has 0 aromatic carbocycles. The topological polar surface area (TPSA) is 131 Å². The second kappa shape index (κ2) is 4.21. The van der Waals surface area contributed by atoms with Gasteiger partial charge >= 0.3 is 10.4 Å². The van der Waals surface area contributed by atoms with Gasteiger partial charge in [0.25, 0.3) is 0 Å². The first kappa shape index (κ1) is 11.4. The summed E-state index contributed by atoms with van der Waals surface area (Å²) in [6.45, 7) is 0. The molecule has 0 radical (unpaired) electrons. The molecular formula is C6H8N4O4S. The van der Waals surface area contributed by atoms with Gasteiger partial charge in [-0.3, -0.25) is 9.11 Å². The van der Waals surface area contributed by atoms with Crippen molar-refractivity contribution in [3.8, 4) is 0 Å². The van der Waals surface area contributed by atoms with Gasteiger partial charge in [0.2, 0.25) is 0 Å². The second-order valence-electron chi connectivity index (χ2n) is 2.44. The number of hydrogen-bond acceptors (Lipinski definition) is 5. The minimum atomic E-state index is -4.67. The van der Waals surface area contributed by atoms with Gasteiger partial charge in [-0.05, 0) is 12.1 Å². The van der Waals surface area contributed by atoms with Crippen LogP contribution in [-0.4, -0.2) is 32.1 Å². The maximum atomic E-state index is 8.74. The number of nitrogens with zero attached hydrogens (tertiary/aromatic N) is 3. The Balaban J connectivity index is 0.000000195. The largest absolute Gasteiger partial charge is 0.394 e. The van der Waals surface area contributed by atoms with E-state index in [-0.39, 0.29) is 0 Å². The molecule has 0 spiro atoms. The molecular weight excluding hydrogens is 224 g/mol. The molecule has 0 fully saturated rings. The Morgan fingerprint density at radius 1 is 1.33 bits per heavy atom. The van der Waals surface area contributed by atoms with E-state index >= 15 is 0 Å². The zero-order chi connectivity index (χ0) is 11.5. The minimum Gasteiger partial charge on any atom is -0.382 e. The molecule has 0 aliphatic heterocycles. The zero-order valence-corrected chi connectivity index (χ0v) is 8.16. The van der Waals surface area contributed by atoms with Gasteiger partial charge in [-0.1, -0.05) is 0 Å². The average molecular weight is 232 g/mol. The zero-order valence-electron chi connectivity index (χ0n) is 7.35. The molecule has 0 aliphatic rings. The van der Waals surface area contributed by atoms with Crippen molar-refractivity contribution in [2.75, 3.05) is 5.73 Å². The Hall–Kier alpha value is -1.71. The number of imidazole rings is 1. The first-order chi connectivity index (χ1) is 6.86. The smallest absolute Gasteiger partial charge is 0.382 e. The van der Waals surface area contributed by atoms with E-state index in [9.17, 15) is 0 Å². The standard InChI is InChI=1S/C6H6N4.H2O4S/c7-5-1-2-6-8-3-4-10(6)9-5;1-5(2,3)4/h1-4H,(H2,7,9);(H2,1,2,3,4). The third-order valence-electron chi connectivity index (χ3n) is 1.28. The van der Waals surface area contributed by atoms with Crippen molar-refractivity contribution in [1.29, 1.82) is 0 Å². The van der Waals surface area contributed by atoms with Crippen molar-refractivity contribution in [2.24, 2.45) is 0 Å². The van der Waals surface area contributed by atoms with Crippen molar-refractivity contribution < 1.29 is 17.5 Å². The van der Waals surface area contributed by atoms with E-state index in [2.05, 4.69) is 10.1 Å². The molecule has 2 aromatic heterocycles. The van der Waals surface area contributed by atoms with Crippen molar-refractivity contribution >= 4 is 21.9 Å². The molecule has 0 unspecified atom stereocenters. The van der Waals surface area contributed by atoms with Crippen LogP contribution in [0.4, 0.5) is 5.82 Å². The van der Waals surface area contributed by atoms with Crippen LogP contribution in [0.5, 0.6) is 0 Å². The predicted molar refractivity (Wildman–Crippen MR) is 51.6 cm³/mol. The van der Waals surface area contributed by atoms with E-state index in [1.54, 1.807) is 23.0 Å². The molecule has 0 amide bonds. The van der Waals surface area contributed by atoms with Gasteiger partial charge in [0.15, 0.2) is 5.65 Å². The molecule has 8 nitrogen and oxygen atoms in total. The van der Waals surface area contributed by atoms with Crippen LogP contribution in [0.1, 0.15) is 0 Å². The number of anilines is 1. The predicted octanol–water partition coefficient (Wildman–Crippen LogP) is -0.341. The second-order valence-corrected chi connectivity index (χ2v) is 3.33. The quantitative estimate of drug-likeness (QED) is 0.529. The van der Waals surface area contributed by atoms with E-state index < -0.39 is 10.4 Å². The highest BCUT2D eigenvalue weighted by atomic mass is 32.3. The number of hydrogen-bond donors (Lipinski definition) is 3. The SMILES string of the molecule is Nc1ccc2nccn2n1.O=S(=O)(O)O. The Morgan fingerprint density at radius 3 is 2.53 bits per heavy atom. The number of fused-ring (bicyclic) bond motifs is 1. The van der Waals surface area contributed by atoms with Crippen molar-refractivity contribution in [3.63, 3.8) is 0 Å². The molecule has 0 aliphatic carbocycles. The molecule has 82 valence electrons. The summed E-state index contributed by atoms with van der Waals surface area (Å²) >= 11 is 0. The fourth-order valence-corrected chi connectivity index (χ4v) is 0.830. The number of rotatable bonds is 0. The van der Waals surface area contributed by atoms with Gasteiger partial charge in [-0.25, -0.2) is 9.50 Å². The normalized spacial score (nSPS) is 10.8. The van der Waals surface area contributed by atoms with Gasteiger partial charge < -0.3 is 5.73 Å². The number of aromatic nitrogens is 3. The molecule has 0 atom stereocenters. The first-order valence-electron chi connectivity index (χ1n) is 3.62. The molecule has 2 rings (SSSR count). The average Bonchev–Trinajstić information content (AvgIpc) is 2.47. The summed E-state index contributed by atoms with van der Waals surface area (Å²) < 4.78 is 33.2. The van der Waals surface area contributed by atoms with Crippen LogP contribution in [-0.2, 0) is 10.4 Å². The molecule has 0 saturated heterocycles. The lowest BCUT2D eigenvalue weighted by molar-refractivity contribution is 0.381. The van der Waals surface area contributed by atoms with Gasteiger partial charge in [-0.15, -0.1) is 5.10 Å². The van der Waals surface area contributed by atoms with Crippen LogP contribution in [0.15, 0.2) is 24.5 Å². The highest BCUT2D eigenvalue weighted by molar-refractivity contribution is 7.79. The molecule has 4 N–H and O–H groups in total. The third-order valence-corrected chi connectivity index (χ3v) is 1.28. The lowest BCUT2D eigenvalue weighted by Crippen LogP contribution is -1.95. The maximum absolute atomic E-state index is 8.74. The van der Waals surface area contributed by atoms with Gasteiger partial charge in [0, 0.05) is 12.4 Å². The summed E-state index contributed by atoms with van der Waals surface area (Å²) in [5.74, 6) is 0.505. The number of nitrogen functional groups attached to an aromatic ring is 1. The van der Waals surface area contributed by atoms with Crippen molar-refractivity contribution in [2.45, 2.75) is 0 Å². The Bertz CT molecular complexity index is 541. The maximum Gasteiger partial charge on any atom is 0.394 e. The minimum absolute atomic E-state index is 0.505. The van der Waals surface area contributed by atoms with Crippen LogP contribution in [0.2, 0.25) is 0 Å². The van der Waals surface area contributed by atoms with E-state index in [1.165, 1.54) is 0 Å². The molecule has 2 aromatic rings. The number of nitrogens with two attached hydrogens (primary N) is 1. The van der Waals surface area contributed by atoms with Crippen LogP contribution < -0.4 is 5.73 Å². The fourth-order valence-electron chi connectivity index (χ4n) is 0.830. The fraction of sp³-hybridized carbons (Fsp3) is 0. The Morgan fingerprint density at radius 2 is 1.93 bits per heavy atom.